The summed E-state index contributed by atoms with van der Waals surface area (Å²) in [6, 6.07) is 1.49. The lowest BCUT2D eigenvalue weighted by Gasteiger charge is -2.49. The molecule has 7 heteroatoms. The summed E-state index contributed by atoms with van der Waals surface area (Å²) >= 11 is 1.31. The van der Waals surface area contributed by atoms with Crippen molar-refractivity contribution in [3.05, 3.63) is 21.1 Å². The topological polar surface area (TPSA) is 69.8 Å². The number of aliphatic hydroxyl groups is 1. The van der Waals surface area contributed by atoms with Crippen LogP contribution >= 0.6 is 11.3 Å². The van der Waals surface area contributed by atoms with Crippen molar-refractivity contribution < 1.29 is 10.0 Å². The van der Waals surface area contributed by atoms with Gasteiger partial charge in [-0.1, -0.05) is 0 Å². The lowest BCUT2D eigenvalue weighted by Crippen LogP contribution is -2.56. The highest BCUT2D eigenvalue weighted by molar-refractivity contribution is 7.16. The van der Waals surface area contributed by atoms with E-state index >= 15 is 0 Å². The predicted octanol–water partition coefficient (Wildman–Crippen LogP) is 2.63. The molecule has 0 aromatic carbocycles. The molecular weight excluding hydrogens is 290 g/mol. The first kappa shape index (κ1) is 16.2. The van der Waals surface area contributed by atoms with Gasteiger partial charge in [0.2, 0.25) is 0 Å². The zero-order valence-electron chi connectivity index (χ0n) is 13.0. The third-order valence-corrected chi connectivity index (χ3v) is 5.84. The van der Waals surface area contributed by atoms with Crippen molar-refractivity contribution in [3.8, 4) is 0 Å². The summed E-state index contributed by atoms with van der Waals surface area (Å²) in [7, 11) is 6.03. The van der Waals surface area contributed by atoms with E-state index in [1.54, 1.807) is 6.92 Å². The highest BCUT2D eigenvalue weighted by atomic mass is 32.1. The molecule has 2 rings (SSSR count). The van der Waals surface area contributed by atoms with Crippen LogP contribution in [0, 0.1) is 10.1 Å². The second kappa shape index (κ2) is 5.90. The van der Waals surface area contributed by atoms with Crippen LogP contribution in [0.5, 0.6) is 0 Å². The molecule has 0 aliphatic heterocycles. The molecule has 1 aliphatic rings. The predicted molar refractivity (Wildman–Crippen MR) is 85.1 cm³/mol. The molecule has 0 saturated heterocycles. The molecule has 1 aromatic rings. The van der Waals surface area contributed by atoms with Gasteiger partial charge in [-0.2, -0.15) is 0 Å². The summed E-state index contributed by atoms with van der Waals surface area (Å²) in [5, 5.41) is 21.5. The van der Waals surface area contributed by atoms with Gasteiger partial charge in [0.1, 0.15) is 0 Å². The Morgan fingerprint density at radius 3 is 2.48 bits per heavy atom. The summed E-state index contributed by atoms with van der Waals surface area (Å²) in [6.07, 6.45) is 2.76. The third-order valence-electron chi connectivity index (χ3n) is 4.43. The number of aliphatic hydroxyl groups excluding tert-OH is 1. The van der Waals surface area contributed by atoms with Crippen molar-refractivity contribution in [2.75, 3.05) is 32.6 Å². The number of nitrogens with zero attached hydrogens (tertiary/aromatic N) is 3. The molecule has 1 saturated carbocycles. The molecule has 118 valence electrons. The van der Waals surface area contributed by atoms with Gasteiger partial charge in [-0.15, -0.1) is 11.3 Å². The Hall–Kier alpha value is -1.18. The van der Waals surface area contributed by atoms with E-state index < -0.39 is 6.10 Å². The van der Waals surface area contributed by atoms with E-state index in [-0.39, 0.29) is 16.1 Å². The first-order valence-electron chi connectivity index (χ1n) is 7.11. The number of hydrogen-bond acceptors (Lipinski definition) is 6. The molecule has 0 bridgehead atoms. The standard InChI is InChI=1S/C14H23N3O3S/c1-10(18)12-8-11(17(19)20)13(21-12)16(4)9-14(15(2)3)6-5-7-14/h8,10,18H,5-7,9H2,1-4H3/t10-/m1/s1. The molecule has 0 radical (unpaired) electrons. The monoisotopic (exact) mass is 313 g/mol. The van der Waals surface area contributed by atoms with Crippen LogP contribution in [-0.4, -0.2) is 48.2 Å². The lowest BCUT2D eigenvalue weighted by molar-refractivity contribution is -0.383. The number of likely N-dealkylation sites (N-methyl/N-ethyl adjacent to an activating group) is 2. The zero-order valence-corrected chi connectivity index (χ0v) is 13.8. The summed E-state index contributed by atoms with van der Waals surface area (Å²) in [5.74, 6) is 0. The van der Waals surface area contributed by atoms with Crippen LogP contribution in [0.15, 0.2) is 6.07 Å². The third kappa shape index (κ3) is 3.04. The van der Waals surface area contributed by atoms with Gasteiger partial charge in [0.05, 0.1) is 11.0 Å². The number of nitro groups is 1. The molecule has 6 nitrogen and oxygen atoms in total. The molecule has 1 fully saturated rings. The highest BCUT2D eigenvalue weighted by Gasteiger charge is 2.41. The van der Waals surface area contributed by atoms with Crippen molar-refractivity contribution in [2.45, 2.75) is 37.8 Å². The summed E-state index contributed by atoms with van der Waals surface area (Å²) in [5.41, 5.74) is 0.198. The molecule has 1 aliphatic carbocycles. The molecule has 1 N–H and O–H groups in total. The normalized spacial score (nSPS) is 18.4. The minimum absolute atomic E-state index is 0.0895. The maximum atomic E-state index is 11.2. The van der Waals surface area contributed by atoms with Gasteiger partial charge in [-0.3, -0.25) is 10.1 Å². The largest absolute Gasteiger partial charge is 0.388 e. The molecule has 0 amide bonds. The minimum atomic E-state index is -0.678. The first-order valence-corrected chi connectivity index (χ1v) is 7.93. The zero-order chi connectivity index (χ0) is 15.8. The molecule has 0 spiro atoms. The van der Waals surface area contributed by atoms with E-state index in [1.165, 1.54) is 23.8 Å². The number of anilines is 1. The van der Waals surface area contributed by atoms with Crippen molar-refractivity contribution in [2.24, 2.45) is 0 Å². The number of rotatable bonds is 6. The smallest absolute Gasteiger partial charge is 0.304 e. The number of hydrogen-bond donors (Lipinski definition) is 1. The van der Waals surface area contributed by atoms with Gasteiger partial charge >= 0.3 is 5.69 Å². The molecule has 0 unspecified atom stereocenters. The van der Waals surface area contributed by atoms with Crippen LogP contribution in [-0.2, 0) is 0 Å². The fourth-order valence-corrected chi connectivity index (χ4v) is 3.87. The average Bonchev–Trinajstić information content (AvgIpc) is 2.78. The van der Waals surface area contributed by atoms with Crippen molar-refractivity contribution in [1.82, 2.24) is 4.90 Å². The van der Waals surface area contributed by atoms with Crippen LogP contribution in [0.1, 0.15) is 37.2 Å². The van der Waals surface area contributed by atoms with E-state index in [9.17, 15) is 15.2 Å². The van der Waals surface area contributed by atoms with E-state index in [2.05, 4.69) is 19.0 Å². The SMILES string of the molecule is C[C@@H](O)c1cc([N+](=O)[O-])c(N(C)CC2(N(C)C)CCC2)s1. The van der Waals surface area contributed by atoms with Gasteiger partial charge in [0, 0.05) is 30.1 Å². The Bertz CT molecular complexity index is 524. The van der Waals surface area contributed by atoms with E-state index in [0.29, 0.717) is 9.88 Å². The van der Waals surface area contributed by atoms with Crippen molar-refractivity contribution in [3.63, 3.8) is 0 Å². The fraction of sp³-hybridized carbons (Fsp3) is 0.714. The average molecular weight is 313 g/mol. The van der Waals surface area contributed by atoms with Gasteiger partial charge in [0.15, 0.2) is 5.00 Å². The maximum Gasteiger partial charge on any atom is 0.304 e. The molecule has 1 heterocycles. The molecule has 21 heavy (non-hydrogen) atoms. The number of thiophene rings is 1. The van der Waals surface area contributed by atoms with Gasteiger partial charge < -0.3 is 14.9 Å². The second-order valence-electron chi connectivity index (χ2n) is 6.10. The van der Waals surface area contributed by atoms with Gasteiger partial charge in [0.25, 0.3) is 0 Å². The Kier molecular flexibility index (Phi) is 4.55. The highest BCUT2D eigenvalue weighted by Crippen LogP contribution is 2.43. The summed E-state index contributed by atoms with van der Waals surface area (Å²) in [4.78, 5) is 15.7. The summed E-state index contributed by atoms with van der Waals surface area (Å²) < 4.78 is 0. The molecule has 1 aromatic heterocycles. The van der Waals surface area contributed by atoms with E-state index in [4.69, 9.17) is 0 Å². The van der Waals surface area contributed by atoms with Crippen LogP contribution in [0.4, 0.5) is 10.7 Å². The first-order chi connectivity index (χ1) is 9.77. The Labute approximate surface area is 129 Å². The van der Waals surface area contributed by atoms with Crippen molar-refractivity contribution >= 4 is 22.0 Å². The van der Waals surface area contributed by atoms with Crippen LogP contribution < -0.4 is 4.90 Å². The Balaban J connectivity index is 2.26. The minimum Gasteiger partial charge on any atom is -0.388 e. The lowest BCUT2D eigenvalue weighted by atomic mass is 9.75. The Morgan fingerprint density at radius 1 is 1.48 bits per heavy atom. The summed E-state index contributed by atoms with van der Waals surface area (Å²) in [6.45, 7) is 2.40. The fourth-order valence-electron chi connectivity index (χ4n) is 2.84. The molecular formula is C14H23N3O3S. The quantitative estimate of drug-likeness (QED) is 0.646. The van der Waals surface area contributed by atoms with Crippen LogP contribution in [0.3, 0.4) is 0 Å². The van der Waals surface area contributed by atoms with Crippen LogP contribution in [0.2, 0.25) is 0 Å². The maximum absolute atomic E-state index is 11.2. The van der Waals surface area contributed by atoms with E-state index in [1.807, 2.05) is 11.9 Å². The molecule has 1 atom stereocenters. The Morgan fingerprint density at radius 2 is 2.10 bits per heavy atom. The van der Waals surface area contributed by atoms with Crippen molar-refractivity contribution in [1.29, 1.82) is 0 Å². The van der Waals surface area contributed by atoms with Crippen LogP contribution in [0.25, 0.3) is 0 Å². The second-order valence-corrected chi connectivity index (χ2v) is 7.16. The van der Waals surface area contributed by atoms with E-state index in [0.717, 1.165) is 19.4 Å². The van der Waals surface area contributed by atoms with Gasteiger partial charge in [-0.25, -0.2) is 0 Å². The van der Waals surface area contributed by atoms with Gasteiger partial charge in [-0.05, 0) is 40.3 Å².